The van der Waals surface area contributed by atoms with Crippen LogP contribution in [0.25, 0.3) is 0 Å². The van der Waals surface area contributed by atoms with Crippen molar-refractivity contribution in [3.05, 3.63) is 0 Å². The molecule has 0 spiro atoms. The van der Waals surface area contributed by atoms with Gasteiger partial charge in [0.2, 0.25) is 5.91 Å². The smallest absolute Gasteiger partial charge is 0.233 e. The molecule has 0 aliphatic heterocycles. The molecule has 0 aromatic heterocycles. The molecule has 3 heteroatoms. The van der Waals surface area contributed by atoms with Gasteiger partial charge < -0.3 is 10.6 Å². The molecule has 0 unspecified atom stereocenters. The third kappa shape index (κ3) is 6.06. The van der Waals surface area contributed by atoms with Crippen LogP contribution in [0.1, 0.15) is 40.5 Å². The standard InChI is InChI=1S/C14H28N2O/c1-10(2)13(11(3)4)8-16-14(17)9-15-7-12-5-6-12/h10-13,15H,5-9H2,1-4H3,(H,16,17). The fourth-order valence-electron chi connectivity index (χ4n) is 2.25. The van der Waals surface area contributed by atoms with Gasteiger partial charge in [-0.05, 0) is 43.1 Å². The van der Waals surface area contributed by atoms with Crippen molar-refractivity contribution in [2.24, 2.45) is 23.7 Å². The van der Waals surface area contributed by atoms with Crippen LogP contribution in [-0.2, 0) is 4.79 Å². The Morgan fingerprint density at radius 1 is 1.18 bits per heavy atom. The second kappa shape index (κ2) is 7.00. The minimum Gasteiger partial charge on any atom is -0.355 e. The summed E-state index contributed by atoms with van der Waals surface area (Å²) in [4.78, 5) is 11.6. The Labute approximate surface area is 106 Å². The first-order chi connectivity index (χ1) is 8.00. The normalized spacial score (nSPS) is 15.9. The van der Waals surface area contributed by atoms with E-state index < -0.39 is 0 Å². The van der Waals surface area contributed by atoms with Crippen molar-refractivity contribution in [3.63, 3.8) is 0 Å². The van der Waals surface area contributed by atoms with Crippen molar-refractivity contribution in [3.8, 4) is 0 Å². The summed E-state index contributed by atoms with van der Waals surface area (Å²) in [6.45, 7) is 11.2. The van der Waals surface area contributed by atoms with E-state index in [4.69, 9.17) is 0 Å². The van der Waals surface area contributed by atoms with E-state index in [0.717, 1.165) is 19.0 Å². The predicted molar refractivity (Wildman–Crippen MR) is 71.8 cm³/mol. The number of carbonyl (C=O) groups excluding carboxylic acids is 1. The van der Waals surface area contributed by atoms with Crippen LogP contribution in [0, 0.1) is 23.7 Å². The van der Waals surface area contributed by atoms with Crippen LogP contribution in [0.3, 0.4) is 0 Å². The predicted octanol–water partition coefficient (Wildman–Crippen LogP) is 2.03. The first-order valence-corrected chi connectivity index (χ1v) is 6.98. The Morgan fingerprint density at radius 3 is 2.24 bits per heavy atom. The number of amides is 1. The molecule has 0 bridgehead atoms. The van der Waals surface area contributed by atoms with E-state index in [1.54, 1.807) is 0 Å². The molecule has 17 heavy (non-hydrogen) atoms. The first-order valence-electron chi connectivity index (χ1n) is 6.98. The van der Waals surface area contributed by atoms with Gasteiger partial charge in [-0.2, -0.15) is 0 Å². The average Bonchev–Trinajstić information content (AvgIpc) is 3.00. The van der Waals surface area contributed by atoms with E-state index in [2.05, 4.69) is 38.3 Å². The maximum atomic E-state index is 11.6. The number of rotatable bonds is 8. The molecular formula is C14H28N2O. The van der Waals surface area contributed by atoms with Crippen LogP contribution < -0.4 is 10.6 Å². The van der Waals surface area contributed by atoms with Crippen molar-refractivity contribution in [2.75, 3.05) is 19.6 Å². The summed E-state index contributed by atoms with van der Waals surface area (Å²) in [5, 5.41) is 6.26. The SMILES string of the molecule is CC(C)C(CNC(=O)CNCC1CC1)C(C)C. The number of hydrogen-bond donors (Lipinski definition) is 2. The molecule has 100 valence electrons. The van der Waals surface area contributed by atoms with Crippen LogP contribution in [0.2, 0.25) is 0 Å². The molecule has 0 heterocycles. The van der Waals surface area contributed by atoms with Crippen LogP contribution in [0.15, 0.2) is 0 Å². The van der Waals surface area contributed by atoms with Gasteiger partial charge in [0, 0.05) is 6.54 Å². The largest absolute Gasteiger partial charge is 0.355 e. The molecule has 1 aliphatic rings. The molecule has 2 N–H and O–H groups in total. The molecule has 0 radical (unpaired) electrons. The van der Waals surface area contributed by atoms with Gasteiger partial charge in [-0.1, -0.05) is 27.7 Å². The molecule has 0 aromatic rings. The van der Waals surface area contributed by atoms with Crippen molar-refractivity contribution >= 4 is 5.91 Å². The Bertz CT molecular complexity index is 226. The lowest BCUT2D eigenvalue weighted by molar-refractivity contribution is -0.120. The van der Waals surface area contributed by atoms with Crippen molar-refractivity contribution in [1.82, 2.24) is 10.6 Å². The van der Waals surface area contributed by atoms with Gasteiger partial charge in [0.1, 0.15) is 0 Å². The summed E-state index contributed by atoms with van der Waals surface area (Å²) in [6.07, 6.45) is 2.66. The van der Waals surface area contributed by atoms with Gasteiger partial charge in [-0.25, -0.2) is 0 Å². The van der Waals surface area contributed by atoms with E-state index in [0.29, 0.717) is 24.3 Å². The van der Waals surface area contributed by atoms with Crippen molar-refractivity contribution in [1.29, 1.82) is 0 Å². The summed E-state index contributed by atoms with van der Waals surface area (Å²) in [5.41, 5.74) is 0. The Kier molecular flexibility index (Phi) is 5.96. The quantitative estimate of drug-likeness (QED) is 0.681. The highest BCUT2D eigenvalue weighted by molar-refractivity contribution is 5.77. The van der Waals surface area contributed by atoms with Crippen LogP contribution in [-0.4, -0.2) is 25.5 Å². The molecule has 1 amide bonds. The molecule has 1 rings (SSSR count). The zero-order valence-electron chi connectivity index (χ0n) is 11.8. The first kappa shape index (κ1) is 14.5. The monoisotopic (exact) mass is 240 g/mol. The fourth-order valence-corrected chi connectivity index (χ4v) is 2.25. The number of nitrogens with one attached hydrogen (secondary N) is 2. The third-order valence-electron chi connectivity index (χ3n) is 3.66. The molecule has 0 saturated heterocycles. The van der Waals surface area contributed by atoms with Gasteiger partial charge in [0.05, 0.1) is 6.54 Å². The molecule has 1 saturated carbocycles. The Balaban J connectivity index is 2.11. The maximum Gasteiger partial charge on any atom is 0.233 e. The van der Waals surface area contributed by atoms with Crippen LogP contribution >= 0.6 is 0 Å². The number of carbonyl (C=O) groups is 1. The molecule has 3 nitrogen and oxygen atoms in total. The number of hydrogen-bond acceptors (Lipinski definition) is 2. The zero-order valence-corrected chi connectivity index (χ0v) is 11.8. The van der Waals surface area contributed by atoms with Crippen LogP contribution in [0.4, 0.5) is 0 Å². The molecular weight excluding hydrogens is 212 g/mol. The minimum atomic E-state index is 0.136. The Morgan fingerprint density at radius 2 is 1.76 bits per heavy atom. The minimum absolute atomic E-state index is 0.136. The lowest BCUT2D eigenvalue weighted by Crippen LogP contribution is -2.39. The van der Waals surface area contributed by atoms with Crippen LogP contribution in [0.5, 0.6) is 0 Å². The van der Waals surface area contributed by atoms with E-state index in [9.17, 15) is 4.79 Å². The second-order valence-electron chi connectivity index (χ2n) is 6.03. The highest BCUT2D eigenvalue weighted by Crippen LogP contribution is 2.27. The highest BCUT2D eigenvalue weighted by atomic mass is 16.1. The van der Waals surface area contributed by atoms with E-state index >= 15 is 0 Å². The van der Waals surface area contributed by atoms with E-state index in [1.165, 1.54) is 12.8 Å². The fraction of sp³-hybridized carbons (Fsp3) is 0.929. The summed E-state index contributed by atoms with van der Waals surface area (Å²) in [5.74, 6) is 2.78. The molecule has 0 atom stereocenters. The lowest BCUT2D eigenvalue weighted by Gasteiger charge is -2.25. The zero-order chi connectivity index (χ0) is 12.8. The highest BCUT2D eigenvalue weighted by Gasteiger charge is 2.21. The molecule has 1 aliphatic carbocycles. The van der Waals surface area contributed by atoms with Gasteiger partial charge in [-0.3, -0.25) is 4.79 Å². The van der Waals surface area contributed by atoms with Crippen molar-refractivity contribution in [2.45, 2.75) is 40.5 Å². The molecule has 1 fully saturated rings. The van der Waals surface area contributed by atoms with Gasteiger partial charge in [0.25, 0.3) is 0 Å². The molecule has 0 aromatic carbocycles. The summed E-state index contributed by atoms with van der Waals surface area (Å²) in [7, 11) is 0. The topological polar surface area (TPSA) is 41.1 Å². The van der Waals surface area contributed by atoms with E-state index in [-0.39, 0.29) is 5.91 Å². The van der Waals surface area contributed by atoms with Gasteiger partial charge in [0.15, 0.2) is 0 Å². The average molecular weight is 240 g/mol. The summed E-state index contributed by atoms with van der Waals surface area (Å²) < 4.78 is 0. The van der Waals surface area contributed by atoms with Gasteiger partial charge in [-0.15, -0.1) is 0 Å². The lowest BCUT2D eigenvalue weighted by atomic mass is 9.85. The summed E-state index contributed by atoms with van der Waals surface area (Å²) in [6, 6.07) is 0. The third-order valence-corrected chi connectivity index (χ3v) is 3.66. The van der Waals surface area contributed by atoms with Crippen molar-refractivity contribution < 1.29 is 4.79 Å². The van der Waals surface area contributed by atoms with E-state index in [1.807, 2.05) is 0 Å². The maximum absolute atomic E-state index is 11.6. The second-order valence-corrected chi connectivity index (χ2v) is 6.03. The Hall–Kier alpha value is -0.570. The summed E-state index contributed by atoms with van der Waals surface area (Å²) >= 11 is 0. The van der Waals surface area contributed by atoms with Gasteiger partial charge >= 0.3 is 0 Å².